The van der Waals surface area contributed by atoms with Crippen LogP contribution >= 0.6 is 0 Å². The minimum atomic E-state index is -0.374. The Morgan fingerprint density at radius 2 is 1.77 bits per heavy atom. The van der Waals surface area contributed by atoms with Gasteiger partial charge in [0, 0.05) is 40.3 Å². The maximum Gasteiger partial charge on any atom is 0.332 e. The number of imidazole rings is 1. The Bertz CT molecular complexity index is 900. The number of aliphatic hydroxyl groups excluding tert-OH is 1. The van der Waals surface area contributed by atoms with Crippen LogP contribution in [0.15, 0.2) is 9.59 Å². The third kappa shape index (κ3) is 3.35. The van der Waals surface area contributed by atoms with Gasteiger partial charge in [-0.15, -0.1) is 0 Å². The van der Waals surface area contributed by atoms with Crippen molar-refractivity contribution in [1.29, 1.82) is 0 Å². The molecule has 8 nitrogen and oxygen atoms in total. The number of fused-ring (bicyclic) bond motifs is 1. The molecule has 0 bridgehead atoms. The van der Waals surface area contributed by atoms with Gasteiger partial charge in [-0.1, -0.05) is 13.8 Å². The molecular weight excluding hydrogens is 334 g/mol. The number of aryl methyl sites for hydroxylation is 2. The Morgan fingerprint density at radius 3 is 2.38 bits per heavy atom. The zero-order chi connectivity index (χ0) is 19.0. The van der Waals surface area contributed by atoms with E-state index in [0.717, 1.165) is 23.5 Å². The molecule has 2 aromatic rings. The van der Waals surface area contributed by atoms with Gasteiger partial charge in [-0.2, -0.15) is 0 Å². The number of rotatable bonds is 5. The van der Waals surface area contributed by atoms with Gasteiger partial charge in [0.2, 0.25) is 0 Å². The van der Waals surface area contributed by atoms with Gasteiger partial charge in [0.25, 0.3) is 5.56 Å². The van der Waals surface area contributed by atoms with Crippen molar-refractivity contribution in [2.24, 2.45) is 25.9 Å². The van der Waals surface area contributed by atoms with E-state index in [4.69, 9.17) is 0 Å². The van der Waals surface area contributed by atoms with Crippen molar-refractivity contribution in [2.75, 3.05) is 19.7 Å². The molecule has 26 heavy (non-hydrogen) atoms. The first-order valence-corrected chi connectivity index (χ1v) is 9.31. The van der Waals surface area contributed by atoms with E-state index in [2.05, 4.69) is 23.7 Å². The van der Waals surface area contributed by atoms with Gasteiger partial charge in [0.05, 0.1) is 6.54 Å². The Morgan fingerprint density at radius 1 is 1.12 bits per heavy atom. The lowest BCUT2D eigenvalue weighted by molar-refractivity contribution is 0.130. The number of hydrogen-bond donors (Lipinski definition) is 1. The Labute approximate surface area is 152 Å². The van der Waals surface area contributed by atoms with Crippen LogP contribution in [0.25, 0.3) is 11.2 Å². The minimum Gasteiger partial charge on any atom is -0.396 e. The zero-order valence-electron chi connectivity index (χ0n) is 16.1. The molecule has 1 saturated heterocycles. The average Bonchev–Trinajstić information content (AvgIpc) is 2.93. The molecule has 1 fully saturated rings. The normalized spacial score (nSPS) is 21.6. The third-order valence-corrected chi connectivity index (χ3v) is 5.28. The largest absolute Gasteiger partial charge is 0.396 e. The monoisotopic (exact) mass is 363 g/mol. The highest BCUT2D eigenvalue weighted by Gasteiger charge is 2.25. The fourth-order valence-electron chi connectivity index (χ4n) is 4.20. The molecule has 0 radical (unpaired) electrons. The fourth-order valence-corrected chi connectivity index (χ4v) is 4.20. The molecule has 3 heterocycles. The van der Waals surface area contributed by atoms with Gasteiger partial charge in [-0.05, 0) is 24.7 Å². The van der Waals surface area contributed by atoms with E-state index in [1.807, 2.05) is 4.57 Å². The summed E-state index contributed by atoms with van der Waals surface area (Å²) in [6.45, 7) is 7.73. The van der Waals surface area contributed by atoms with Crippen LogP contribution in [-0.2, 0) is 27.2 Å². The van der Waals surface area contributed by atoms with Crippen LogP contribution in [0.1, 0.15) is 32.5 Å². The van der Waals surface area contributed by atoms with Gasteiger partial charge in [0.1, 0.15) is 5.82 Å². The number of aliphatic hydroxyl groups is 1. The van der Waals surface area contributed by atoms with Gasteiger partial charge >= 0.3 is 5.69 Å². The predicted molar refractivity (Wildman–Crippen MR) is 100 cm³/mol. The summed E-state index contributed by atoms with van der Waals surface area (Å²) in [5.41, 5.74) is 0.154. The highest BCUT2D eigenvalue weighted by Crippen LogP contribution is 2.23. The molecule has 0 aliphatic carbocycles. The van der Waals surface area contributed by atoms with Crippen LogP contribution in [0.3, 0.4) is 0 Å². The summed E-state index contributed by atoms with van der Waals surface area (Å²) in [5.74, 6) is 2.05. The van der Waals surface area contributed by atoms with E-state index in [-0.39, 0.29) is 17.9 Å². The maximum absolute atomic E-state index is 12.7. The first kappa shape index (κ1) is 18.8. The lowest BCUT2D eigenvalue weighted by atomic mass is 9.92. The molecular formula is C18H29N5O3. The van der Waals surface area contributed by atoms with E-state index in [1.54, 1.807) is 7.05 Å². The molecule has 144 valence electrons. The van der Waals surface area contributed by atoms with Crippen molar-refractivity contribution in [2.45, 2.75) is 39.8 Å². The van der Waals surface area contributed by atoms with Crippen molar-refractivity contribution in [3.8, 4) is 0 Å². The fraction of sp³-hybridized carbons (Fsp3) is 0.722. The number of likely N-dealkylation sites (tertiary alicyclic amines) is 1. The molecule has 3 rings (SSSR count). The highest BCUT2D eigenvalue weighted by atomic mass is 16.3. The molecule has 0 spiro atoms. The van der Waals surface area contributed by atoms with Crippen molar-refractivity contribution in [3.63, 3.8) is 0 Å². The molecule has 0 saturated carbocycles. The predicted octanol–water partition coefficient (Wildman–Crippen LogP) is 0.294. The number of hydrogen-bond acceptors (Lipinski definition) is 5. The molecule has 2 unspecified atom stereocenters. The van der Waals surface area contributed by atoms with E-state index >= 15 is 0 Å². The first-order chi connectivity index (χ1) is 12.3. The second-order valence-electron chi connectivity index (χ2n) is 7.77. The minimum absolute atomic E-state index is 0.0446. The van der Waals surface area contributed by atoms with Crippen molar-refractivity contribution in [3.05, 3.63) is 26.7 Å². The van der Waals surface area contributed by atoms with E-state index in [0.29, 0.717) is 42.5 Å². The number of aromatic nitrogens is 4. The van der Waals surface area contributed by atoms with Gasteiger partial charge in [-0.3, -0.25) is 18.8 Å². The van der Waals surface area contributed by atoms with Crippen molar-refractivity contribution >= 4 is 11.2 Å². The standard InChI is InChI=1S/C18H29N5O3/c1-12-8-13(2)10-22(9-12)11-14-19-16-15(23(14)6-5-7-24)17(25)21(4)18(26)20(16)3/h12-13,24H,5-11H2,1-4H3. The topological polar surface area (TPSA) is 85.3 Å². The van der Waals surface area contributed by atoms with Crippen molar-refractivity contribution in [1.82, 2.24) is 23.6 Å². The molecule has 1 aliphatic heterocycles. The first-order valence-electron chi connectivity index (χ1n) is 9.31. The molecule has 1 N–H and O–H groups in total. The number of nitrogens with zero attached hydrogens (tertiary/aromatic N) is 5. The molecule has 8 heteroatoms. The maximum atomic E-state index is 12.7. The summed E-state index contributed by atoms with van der Waals surface area (Å²) in [4.78, 5) is 32.0. The van der Waals surface area contributed by atoms with Crippen LogP contribution in [-0.4, -0.2) is 48.4 Å². The van der Waals surface area contributed by atoms with Crippen molar-refractivity contribution < 1.29 is 5.11 Å². The summed E-state index contributed by atoms with van der Waals surface area (Å²) in [6, 6.07) is 0. The summed E-state index contributed by atoms with van der Waals surface area (Å²) in [6.07, 6.45) is 1.77. The average molecular weight is 363 g/mol. The lowest BCUT2D eigenvalue weighted by Crippen LogP contribution is -2.39. The van der Waals surface area contributed by atoms with Crippen LogP contribution in [0.2, 0.25) is 0 Å². The number of piperidine rings is 1. The molecule has 2 aromatic heterocycles. The second kappa shape index (κ2) is 7.36. The van der Waals surface area contributed by atoms with Gasteiger partial charge < -0.3 is 9.67 Å². The third-order valence-electron chi connectivity index (χ3n) is 5.28. The highest BCUT2D eigenvalue weighted by molar-refractivity contribution is 5.71. The summed E-state index contributed by atoms with van der Waals surface area (Å²) in [7, 11) is 3.13. The zero-order valence-corrected chi connectivity index (χ0v) is 16.1. The molecule has 0 aromatic carbocycles. The van der Waals surface area contributed by atoms with Crippen LogP contribution < -0.4 is 11.2 Å². The van der Waals surface area contributed by atoms with Gasteiger partial charge in [-0.25, -0.2) is 9.78 Å². The lowest BCUT2D eigenvalue weighted by Gasteiger charge is -2.34. The van der Waals surface area contributed by atoms with Gasteiger partial charge in [0.15, 0.2) is 11.2 Å². The quantitative estimate of drug-likeness (QED) is 0.826. The Balaban J connectivity index is 2.09. The SMILES string of the molecule is CC1CC(C)CN(Cc2nc3c(c(=O)n(C)c(=O)n3C)n2CCCO)C1. The van der Waals surface area contributed by atoms with E-state index in [1.165, 1.54) is 18.0 Å². The Kier molecular flexibility index (Phi) is 5.34. The molecule has 2 atom stereocenters. The smallest absolute Gasteiger partial charge is 0.332 e. The van der Waals surface area contributed by atoms with Crippen LogP contribution in [0.5, 0.6) is 0 Å². The van der Waals surface area contributed by atoms with Crippen LogP contribution in [0, 0.1) is 11.8 Å². The molecule has 0 amide bonds. The summed E-state index contributed by atoms with van der Waals surface area (Å²) < 4.78 is 4.43. The second-order valence-corrected chi connectivity index (χ2v) is 7.77. The Hall–Kier alpha value is -1.93. The summed E-state index contributed by atoms with van der Waals surface area (Å²) >= 11 is 0. The molecule has 1 aliphatic rings. The summed E-state index contributed by atoms with van der Waals surface area (Å²) in [5, 5.41) is 9.26. The van der Waals surface area contributed by atoms with E-state index < -0.39 is 0 Å². The van der Waals surface area contributed by atoms with E-state index in [9.17, 15) is 14.7 Å². The van der Waals surface area contributed by atoms with Crippen LogP contribution in [0.4, 0.5) is 0 Å².